The molecule has 0 aliphatic carbocycles. The van der Waals surface area contributed by atoms with Crippen LogP contribution < -0.4 is 0 Å². The third kappa shape index (κ3) is 1.57. The van der Waals surface area contributed by atoms with Crippen molar-refractivity contribution in [2.45, 2.75) is 13.8 Å². The summed E-state index contributed by atoms with van der Waals surface area (Å²) in [6.07, 6.45) is 1.73. The number of halogens is 1. The lowest BCUT2D eigenvalue weighted by molar-refractivity contribution is 1.21. The minimum absolute atomic E-state index is 0.534. The van der Waals surface area contributed by atoms with Gasteiger partial charge in [0.05, 0.1) is 0 Å². The third-order valence-electron chi connectivity index (χ3n) is 1.63. The first kappa shape index (κ1) is 8.62. The molecule has 0 unspecified atom stereocenters. The fraction of sp³-hybridized carbons (Fsp3) is 0.250. The number of nitrogens with zero attached hydrogens (tertiary/aromatic N) is 1. The van der Waals surface area contributed by atoms with Crippen molar-refractivity contribution in [3.8, 4) is 0 Å². The van der Waals surface area contributed by atoms with Gasteiger partial charge in [0.25, 0.3) is 0 Å². The molecular weight excluding hydrogens is 178 g/mol. The van der Waals surface area contributed by atoms with Gasteiger partial charge in [-0.15, -0.1) is 0 Å². The fourth-order valence-electron chi connectivity index (χ4n) is 0.908. The first-order chi connectivity index (χ1) is 5.16. The van der Waals surface area contributed by atoms with Crippen molar-refractivity contribution >= 4 is 29.2 Å². The van der Waals surface area contributed by atoms with Crippen LogP contribution in [0.25, 0.3) is 0 Å². The molecule has 0 atom stereocenters. The van der Waals surface area contributed by atoms with Crippen LogP contribution in [-0.4, -0.2) is 10.4 Å². The van der Waals surface area contributed by atoms with E-state index in [9.17, 15) is 0 Å². The van der Waals surface area contributed by atoms with E-state index in [0.29, 0.717) is 5.15 Å². The van der Waals surface area contributed by atoms with Gasteiger partial charge in [-0.3, -0.25) is 0 Å². The van der Waals surface area contributed by atoms with E-state index < -0.39 is 0 Å². The van der Waals surface area contributed by atoms with Crippen molar-refractivity contribution < 1.29 is 0 Å². The average molecular weight is 186 g/mol. The molecule has 0 spiro atoms. The Hall–Kier alpha value is -0.470. The van der Waals surface area contributed by atoms with E-state index in [2.05, 4.69) is 4.98 Å². The standard InChI is InChI=1S/C8H8ClNS/c1-5-3-10-8(9)6(2)7(5)4-11/h3-4H,1-2H3. The molecule has 0 N–H and O–H groups in total. The number of rotatable bonds is 1. The smallest absolute Gasteiger partial charge is 0.132 e. The van der Waals surface area contributed by atoms with E-state index in [4.69, 9.17) is 23.8 Å². The molecule has 0 aliphatic rings. The average Bonchev–Trinajstić information content (AvgIpc) is 1.99. The van der Waals surface area contributed by atoms with Gasteiger partial charge in [0.15, 0.2) is 0 Å². The molecule has 1 aromatic heterocycles. The molecule has 0 aromatic carbocycles. The molecule has 1 rings (SSSR count). The minimum atomic E-state index is 0.534. The van der Waals surface area contributed by atoms with Gasteiger partial charge in [0.1, 0.15) is 5.15 Å². The molecule has 1 heterocycles. The van der Waals surface area contributed by atoms with Crippen LogP contribution in [0.1, 0.15) is 16.7 Å². The predicted molar refractivity (Wildman–Crippen MR) is 51.5 cm³/mol. The molecule has 58 valence electrons. The first-order valence-electron chi connectivity index (χ1n) is 3.23. The Morgan fingerprint density at radius 1 is 1.55 bits per heavy atom. The first-order valence-corrected chi connectivity index (χ1v) is 4.08. The van der Waals surface area contributed by atoms with Gasteiger partial charge in [-0.2, -0.15) is 0 Å². The second kappa shape index (κ2) is 3.28. The summed E-state index contributed by atoms with van der Waals surface area (Å²) in [5.41, 5.74) is 3.04. The van der Waals surface area contributed by atoms with Crippen LogP contribution in [-0.2, 0) is 0 Å². The maximum Gasteiger partial charge on any atom is 0.132 e. The van der Waals surface area contributed by atoms with E-state index >= 15 is 0 Å². The summed E-state index contributed by atoms with van der Waals surface area (Å²) in [7, 11) is 0. The molecule has 0 radical (unpaired) electrons. The second-order valence-corrected chi connectivity index (χ2v) is 2.98. The van der Waals surface area contributed by atoms with Crippen LogP contribution in [0.15, 0.2) is 6.20 Å². The molecule has 0 amide bonds. The molecular formula is C8H8ClNS. The summed E-state index contributed by atoms with van der Waals surface area (Å²) >= 11 is 10.6. The van der Waals surface area contributed by atoms with Gasteiger partial charge in [-0.25, -0.2) is 4.98 Å². The Morgan fingerprint density at radius 2 is 2.18 bits per heavy atom. The Morgan fingerprint density at radius 3 is 2.64 bits per heavy atom. The normalized spacial score (nSPS) is 9.73. The quantitative estimate of drug-likeness (QED) is 0.493. The second-order valence-electron chi connectivity index (χ2n) is 2.39. The number of thiocarbonyl (C=S) groups is 1. The zero-order valence-corrected chi connectivity index (χ0v) is 7.96. The largest absolute Gasteiger partial charge is 0.244 e. The SMILES string of the molecule is Cc1cnc(Cl)c(C)c1C=S. The fourth-order valence-corrected chi connectivity index (χ4v) is 1.42. The Balaban J connectivity index is 3.40. The highest BCUT2D eigenvalue weighted by molar-refractivity contribution is 7.79. The lowest BCUT2D eigenvalue weighted by Gasteiger charge is -2.03. The zero-order valence-electron chi connectivity index (χ0n) is 6.39. The van der Waals surface area contributed by atoms with Gasteiger partial charge < -0.3 is 0 Å². The van der Waals surface area contributed by atoms with Gasteiger partial charge in [-0.05, 0) is 30.5 Å². The van der Waals surface area contributed by atoms with Gasteiger partial charge in [-0.1, -0.05) is 23.8 Å². The molecule has 3 heteroatoms. The molecule has 1 aromatic rings. The maximum absolute atomic E-state index is 5.79. The summed E-state index contributed by atoms with van der Waals surface area (Å²) in [5, 5.41) is 2.17. The molecule has 0 saturated carbocycles. The maximum atomic E-state index is 5.79. The summed E-state index contributed by atoms with van der Waals surface area (Å²) < 4.78 is 0. The highest BCUT2D eigenvalue weighted by Crippen LogP contribution is 2.17. The highest BCUT2D eigenvalue weighted by Gasteiger charge is 2.03. The van der Waals surface area contributed by atoms with Crippen molar-refractivity contribution in [1.29, 1.82) is 0 Å². The summed E-state index contributed by atoms with van der Waals surface area (Å²) in [5.74, 6) is 0. The lowest BCUT2D eigenvalue weighted by Crippen LogP contribution is -1.93. The van der Waals surface area contributed by atoms with Crippen molar-refractivity contribution in [1.82, 2.24) is 4.98 Å². The van der Waals surface area contributed by atoms with E-state index in [-0.39, 0.29) is 0 Å². The summed E-state index contributed by atoms with van der Waals surface area (Å²) in [6.45, 7) is 3.88. The molecule has 1 nitrogen and oxygen atoms in total. The van der Waals surface area contributed by atoms with Crippen LogP contribution in [0, 0.1) is 13.8 Å². The molecule has 0 aliphatic heterocycles. The van der Waals surface area contributed by atoms with Crippen LogP contribution in [0.4, 0.5) is 0 Å². The molecule has 0 fully saturated rings. The van der Waals surface area contributed by atoms with E-state index in [1.165, 1.54) is 0 Å². The molecule has 0 saturated heterocycles. The van der Waals surface area contributed by atoms with Crippen molar-refractivity contribution in [2.75, 3.05) is 0 Å². The van der Waals surface area contributed by atoms with Crippen LogP contribution >= 0.6 is 23.8 Å². The number of aromatic nitrogens is 1. The monoisotopic (exact) mass is 185 g/mol. The third-order valence-corrected chi connectivity index (χ3v) is 2.24. The predicted octanol–water partition coefficient (Wildman–Crippen LogP) is 2.70. The summed E-state index contributed by atoms with van der Waals surface area (Å²) in [4.78, 5) is 3.99. The Bertz CT molecular complexity index is 296. The van der Waals surface area contributed by atoms with Gasteiger partial charge >= 0.3 is 0 Å². The van der Waals surface area contributed by atoms with Crippen molar-refractivity contribution in [3.05, 3.63) is 28.0 Å². The lowest BCUT2D eigenvalue weighted by atomic mass is 10.1. The number of hydrogen-bond acceptors (Lipinski definition) is 2. The van der Waals surface area contributed by atoms with Crippen LogP contribution in [0.2, 0.25) is 5.15 Å². The number of aryl methyl sites for hydroxylation is 1. The van der Waals surface area contributed by atoms with Gasteiger partial charge in [0.2, 0.25) is 0 Å². The highest BCUT2D eigenvalue weighted by atomic mass is 35.5. The Kier molecular flexibility index (Phi) is 2.58. The van der Waals surface area contributed by atoms with Crippen molar-refractivity contribution in [2.24, 2.45) is 0 Å². The Labute approximate surface area is 76.4 Å². The van der Waals surface area contributed by atoms with Crippen LogP contribution in [0.5, 0.6) is 0 Å². The minimum Gasteiger partial charge on any atom is -0.244 e. The van der Waals surface area contributed by atoms with E-state index in [1.54, 1.807) is 11.6 Å². The number of hydrogen-bond donors (Lipinski definition) is 0. The van der Waals surface area contributed by atoms with Crippen LogP contribution in [0.3, 0.4) is 0 Å². The van der Waals surface area contributed by atoms with E-state index in [0.717, 1.165) is 16.7 Å². The van der Waals surface area contributed by atoms with E-state index in [1.807, 2.05) is 13.8 Å². The van der Waals surface area contributed by atoms with Gasteiger partial charge in [0, 0.05) is 11.6 Å². The molecule has 0 bridgehead atoms. The number of pyridine rings is 1. The zero-order chi connectivity index (χ0) is 8.43. The molecule has 11 heavy (non-hydrogen) atoms. The van der Waals surface area contributed by atoms with Crippen molar-refractivity contribution in [3.63, 3.8) is 0 Å². The summed E-state index contributed by atoms with van der Waals surface area (Å²) in [6, 6.07) is 0. The topological polar surface area (TPSA) is 12.9 Å².